The summed E-state index contributed by atoms with van der Waals surface area (Å²) in [5.41, 5.74) is 0.910. The van der Waals surface area contributed by atoms with Crippen LogP contribution in [0.4, 0.5) is 4.79 Å². The molecule has 0 bridgehead atoms. The Morgan fingerprint density at radius 3 is 2.60 bits per heavy atom. The summed E-state index contributed by atoms with van der Waals surface area (Å²) in [6.45, 7) is 0.355. The predicted octanol–water partition coefficient (Wildman–Crippen LogP) is 1.18. The molecule has 2 atom stereocenters. The van der Waals surface area contributed by atoms with Crippen molar-refractivity contribution in [1.29, 1.82) is 0 Å². The maximum Gasteiger partial charge on any atom is 0.326 e. The third kappa shape index (κ3) is 3.49. The summed E-state index contributed by atoms with van der Waals surface area (Å²) in [6.07, 6.45) is -0.712. The van der Waals surface area contributed by atoms with Crippen molar-refractivity contribution in [3.8, 4) is 0 Å². The van der Waals surface area contributed by atoms with Crippen LogP contribution in [-0.2, 0) is 11.3 Å². The van der Waals surface area contributed by atoms with E-state index < -0.39 is 24.1 Å². The second-order valence-electron chi connectivity index (χ2n) is 4.68. The van der Waals surface area contributed by atoms with E-state index in [2.05, 4.69) is 21.2 Å². The molecule has 20 heavy (non-hydrogen) atoms. The number of rotatable bonds is 3. The van der Waals surface area contributed by atoms with Gasteiger partial charge in [-0.3, -0.25) is 0 Å². The van der Waals surface area contributed by atoms with Gasteiger partial charge in [0.15, 0.2) is 0 Å². The molecule has 2 unspecified atom stereocenters. The Labute approximate surface area is 124 Å². The number of aliphatic hydroxyl groups excluding tert-OH is 1. The number of benzene rings is 1. The van der Waals surface area contributed by atoms with Crippen molar-refractivity contribution in [2.24, 2.45) is 0 Å². The number of carboxylic acids is 1. The van der Waals surface area contributed by atoms with E-state index in [1.54, 1.807) is 0 Å². The van der Waals surface area contributed by atoms with Gasteiger partial charge in [0.05, 0.1) is 6.10 Å². The number of halogens is 1. The third-order valence-electron chi connectivity index (χ3n) is 3.18. The number of β-amino-alcohol motifs (C(OH)–C–C–N with tert-alkyl or cyclic N) is 1. The molecule has 0 spiro atoms. The molecule has 3 N–H and O–H groups in total. The monoisotopic (exact) mass is 342 g/mol. The molecule has 0 aliphatic carbocycles. The van der Waals surface area contributed by atoms with Gasteiger partial charge in [0.2, 0.25) is 0 Å². The molecular weight excluding hydrogens is 328 g/mol. The lowest BCUT2D eigenvalue weighted by atomic mass is 10.2. The Bertz CT molecular complexity index is 506. The summed E-state index contributed by atoms with van der Waals surface area (Å²) >= 11 is 3.32. The quantitative estimate of drug-likeness (QED) is 0.769. The van der Waals surface area contributed by atoms with Crippen LogP contribution in [-0.4, -0.2) is 45.8 Å². The second kappa shape index (κ2) is 6.23. The number of nitrogens with one attached hydrogen (secondary N) is 1. The molecule has 1 aromatic rings. The molecule has 108 valence electrons. The van der Waals surface area contributed by atoms with E-state index in [0.29, 0.717) is 6.54 Å². The van der Waals surface area contributed by atoms with Crippen LogP contribution in [0.5, 0.6) is 0 Å². The van der Waals surface area contributed by atoms with Crippen LogP contribution in [0.25, 0.3) is 0 Å². The zero-order valence-corrected chi connectivity index (χ0v) is 12.2. The fourth-order valence-electron chi connectivity index (χ4n) is 2.15. The lowest BCUT2D eigenvalue weighted by molar-refractivity contribution is -0.141. The predicted molar refractivity (Wildman–Crippen MR) is 75.1 cm³/mol. The fourth-order valence-corrected chi connectivity index (χ4v) is 2.42. The molecule has 1 fully saturated rings. The maximum absolute atomic E-state index is 12.0. The van der Waals surface area contributed by atoms with E-state index in [9.17, 15) is 14.7 Å². The van der Waals surface area contributed by atoms with E-state index in [-0.39, 0.29) is 13.0 Å². The van der Waals surface area contributed by atoms with Crippen LogP contribution in [0.3, 0.4) is 0 Å². The summed E-state index contributed by atoms with van der Waals surface area (Å²) in [4.78, 5) is 24.2. The fraction of sp³-hybridized carbons (Fsp3) is 0.385. The molecule has 1 aromatic carbocycles. The van der Waals surface area contributed by atoms with Gasteiger partial charge in [0.1, 0.15) is 6.04 Å². The Morgan fingerprint density at radius 1 is 1.35 bits per heavy atom. The molecular formula is C13H15BrN2O4. The van der Waals surface area contributed by atoms with Gasteiger partial charge in [-0.2, -0.15) is 0 Å². The smallest absolute Gasteiger partial charge is 0.326 e. The van der Waals surface area contributed by atoms with Crippen molar-refractivity contribution in [2.45, 2.75) is 25.1 Å². The number of aliphatic hydroxyl groups is 1. The molecule has 1 aliphatic heterocycles. The highest BCUT2D eigenvalue weighted by molar-refractivity contribution is 9.10. The van der Waals surface area contributed by atoms with Gasteiger partial charge in [-0.05, 0) is 17.7 Å². The molecule has 0 aromatic heterocycles. The minimum Gasteiger partial charge on any atom is -0.480 e. The number of aliphatic carboxylic acids is 1. The van der Waals surface area contributed by atoms with Crippen LogP contribution >= 0.6 is 15.9 Å². The van der Waals surface area contributed by atoms with Gasteiger partial charge in [-0.1, -0.05) is 28.1 Å². The summed E-state index contributed by atoms with van der Waals surface area (Å²) in [6, 6.07) is 6.00. The Hall–Kier alpha value is -1.60. The van der Waals surface area contributed by atoms with Crippen molar-refractivity contribution in [2.75, 3.05) is 6.54 Å². The Morgan fingerprint density at radius 2 is 2.00 bits per heavy atom. The van der Waals surface area contributed by atoms with Crippen molar-refractivity contribution in [1.82, 2.24) is 10.2 Å². The van der Waals surface area contributed by atoms with Crippen molar-refractivity contribution in [3.05, 3.63) is 34.3 Å². The van der Waals surface area contributed by atoms with Crippen LogP contribution in [0.2, 0.25) is 0 Å². The summed E-state index contributed by atoms with van der Waals surface area (Å²) in [5.74, 6) is -1.10. The molecule has 1 heterocycles. The highest BCUT2D eigenvalue weighted by Gasteiger charge is 2.38. The molecule has 0 radical (unpaired) electrons. The first-order chi connectivity index (χ1) is 9.47. The number of urea groups is 1. The van der Waals surface area contributed by atoms with E-state index in [0.717, 1.165) is 14.9 Å². The second-order valence-corrected chi connectivity index (χ2v) is 5.60. The van der Waals surface area contributed by atoms with E-state index >= 15 is 0 Å². The van der Waals surface area contributed by atoms with Gasteiger partial charge in [0.25, 0.3) is 0 Å². The first-order valence-electron chi connectivity index (χ1n) is 6.17. The van der Waals surface area contributed by atoms with Crippen LogP contribution < -0.4 is 5.32 Å². The van der Waals surface area contributed by atoms with Gasteiger partial charge >= 0.3 is 12.0 Å². The number of likely N-dealkylation sites (tertiary alicyclic amines) is 1. The van der Waals surface area contributed by atoms with E-state index in [4.69, 9.17) is 5.11 Å². The summed E-state index contributed by atoms with van der Waals surface area (Å²) < 4.78 is 0.946. The molecule has 6 nitrogen and oxygen atoms in total. The van der Waals surface area contributed by atoms with Crippen molar-refractivity contribution >= 4 is 27.9 Å². The van der Waals surface area contributed by atoms with Gasteiger partial charge in [-0.15, -0.1) is 0 Å². The zero-order chi connectivity index (χ0) is 14.7. The number of hydrogen-bond acceptors (Lipinski definition) is 3. The number of carbonyl (C=O) groups is 2. The molecule has 1 saturated heterocycles. The maximum atomic E-state index is 12.0. The standard InChI is InChI=1S/C13H15BrN2O4/c14-9-3-1-8(2-4-9)6-15-13(20)16-7-10(17)5-11(16)12(18)19/h1-4,10-11,17H,5-7H2,(H,15,20)(H,18,19). The third-order valence-corrected chi connectivity index (χ3v) is 3.71. The minimum atomic E-state index is -1.10. The first-order valence-corrected chi connectivity index (χ1v) is 6.96. The summed E-state index contributed by atoms with van der Waals surface area (Å²) in [7, 11) is 0. The van der Waals surface area contributed by atoms with E-state index in [1.165, 1.54) is 0 Å². The largest absolute Gasteiger partial charge is 0.480 e. The van der Waals surface area contributed by atoms with Gasteiger partial charge < -0.3 is 20.4 Å². The number of hydrogen-bond donors (Lipinski definition) is 3. The SMILES string of the molecule is O=C(O)C1CC(O)CN1C(=O)NCc1ccc(Br)cc1. The lowest BCUT2D eigenvalue weighted by Crippen LogP contribution is -2.45. The zero-order valence-electron chi connectivity index (χ0n) is 10.6. The van der Waals surface area contributed by atoms with Crippen molar-refractivity contribution in [3.63, 3.8) is 0 Å². The molecule has 1 aliphatic rings. The number of carbonyl (C=O) groups excluding carboxylic acids is 1. The van der Waals surface area contributed by atoms with Gasteiger partial charge in [0, 0.05) is 24.0 Å². The highest BCUT2D eigenvalue weighted by atomic mass is 79.9. The minimum absolute atomic E-state index is 0.0448. The average molecular weight is 343 g/mol. The average Bonchev–Trinajstić information content (AvgIpc) is 2.80. The Kier molecular flexibility index (Phi) is 4.61. The van der Waals surface area contributed by atoms with Crippen LogP contribution in [0, 0.1) is 0 Å². The van der Waals surface area contributed by atoms with Crippen molar-refractivity contribution < 1.29 is 19.8 Å². The topological polar surface area (TPSA) is 89.9 Å². The lowest BCUT2D eigenvalue weighted by Gasteiger charge is -2.21. The van der Waals surface area contributed by atoms with Crippen LogP contribution in [0.1, 0.15) is 12.0 Å². The summed E-state index contributed by atoms with van der Waals surface area (Å²) in [5, 5.41) is 21.2. The molecule has 2 amide bonds. The Balaban J connectivity index is 1.94. The number of carboxylic acid groups (broad SMARTS) is 1. The number of nitrogens with zero attached hydrogens (tertiary/aromatic N) is 1. The highest BCUT2D eigenvalue weighted by Crippen LogP contribution is 2.18. The van der Waals surface area contributed by atoms with Crippen LogP contribution in [0.15, 0.2) is 28.7 Å². The normalized spacial score (nSPS) is 21.8. The number of amides is 2. The van der Waals surface area contributed by atoms with E-state index in [1.807, 2.05) is 24.3 Å². The molecule has 0 saturated carbocycles. The van der Waals surface area contributed by atoms with Gasteiger partial charge in [-0.25, -0.2) is 9.59 Å². The first kappa shape index (κ1) is 14.8. The molecule has 7 heteroatoms. The molecule has 2 rings (SSSR count).